The zero-order valence-corrected chi connectivity index (χ0v) is 9.08. The zero-order chi connectivity index (χ0) is 10.1. The first kappa shape index (κ1) is 9.68. The quantitative estimate of drug-likeness (QED) is 0.717. The second-order valence-electron chi connectivity index (χ2n) is 2.97. The molecular formula is C10H8BrFNO. The lowest BCUT2D eigenvalue weighted by Crippen LogP contribution is -2.07. The maximum atomic E-state index is 13.4. The summed E-state index contributed by atoms with van der Waals surface area (Å²) in [6, 6.07) is 6.52. The van der Waals surface area contributed by atoms with Crippen molar-refractivity contribution in [1.29, 1.82) is 0 Å². The van der Waals surface area contributed by atoms with Gasteiger partial charge < -0.3 is 0 Å². The van der Waals surface area contributed by atoms with Crippen molar-refractivity contribution in [1.82, 2.24) is 4.09 Å². The van der Waals surface area contributed by atoms with Crippen LogP contribution in [-0.4, -0.2) is 10.2 Å². The first-order valence-corrected chi connectivity index (χ1v) is 4.90. The minimum absolute atomic E-state index is 0.163. The highest BCUT2D eigenvalue weighted by atomic mass is 79.9. The SMILES string of the molecule is CC1[C]=C(c2ccccc2F)N(Br)O1. The van der Waals surface area contributed by atoms with E-state index in [1.165, 1.54) is 10.2 Å². The van der Waals surface area contributed by atoms with Gasteiger partial charge in [0.25, 0.3) is 0 Å². The summed E-state index contributed by atoms with van der Waals surface area (Å²) >= 11 is 3.16. The smallest absolute Gasteiger partial charge is 0.132 e. The normalized spacial score (nSPS) is 21.2. The molecule has 0 saturated carbocycles. The van der Waals surface area contributed by atoms with Crippen molar-refractivity contribution in [3.05, 3.63) is 41.7 Å². The molecule has 0 bridgehead atoms. The summed E-state index contributed by atoms with van der Waals surface area (Å²) in [5, 5.41) is 0. The van der Waals surface area contributed by atoms with Crippen LogP contribution < -0.4 is 0 Å². The summed E-state index contributed by atoms with van der Waals surface area (Å²) < 4.78 is 14.7. The number of halogens is 2. The van der Waals surface area contributed by atoms with E-state index in [1.807, 2.05) is 6.92 Å². The van der Waals surface area contributed by atoms with Gasteiger partial charge in [-0.3, -0.25) is 4.84 Å². The molecule has 0 aromatic heterocycles. The van der Waals surface area contributed by atoms with Crippen LogP contribution in [0, 0.1) is 11.9 Å². The molecule has 0 amide bonds. The molecule has 0 N–H and O–H groups in total. The molecule has 2 nitrogen and oxygen atoms in total. The Morgan fingerprint density at radius 1 is 1.50 bits per heavy atom. The summed E-state index contributed by atoms with van der Waals surface area (Å²) in [5.74, 6) is -0.280. The Morgan fingerprint density at radius 2 is 2.21 bits per heavy atom. The monoisotopic (exact) mass is 256 g/mol. The molecule has 0 spiro atoms. The van der Waals surface area contributed by atoms with Crippen LogP contribution in [0.1, 0.15) is 12.5 Å². The summed E-state index contributed by atoms with van der Waals surface area (Å²) in [5.41, 5.74) is 1.06. The Balaban J connectivity index is 2.41. The molecular weight excluding hydrogens is 249 g/mol. The molecule has 1 radical (unpaired) electrons. The first-order chi connectivity index (χ1) is 6.68. The zero-order valence-electron chi connectivity index (χ0n) is 7.50. The largest absolute Gasteiger partial charge is 0.255 e. The van der Waals surface area contributed by atoms with Crippen LogP contribution in [0.25, 0.3) is 5.70 Å². The second-order valence-corrected chi connectivity index (χ2v) is 3.61. The number of nitrogens with zero attached hydrogens (tertiary/aromatic N) is 1. The van der Waals surface area contributed by atoms with Crippen molar-refractivity contribution in [2.24, 2.45) is 0 Å². The molecule has 1 aliphatic heterocycles. The standard InChI is InChI=1S/C10H8BrFNO/c1-7-6-10(13(11)14-7)8-4-2-3-5-9(8)12/h2-5,7H,1H3. The van der Waals surface area contributed by atoms with Gasteiger partial charge in [-0.2, -0.15) is 4.09 Å². The Hall–Kier alpha value is -0.870. The van der Waals surface area contributed by atoms with E-state index in [0.29, 0.717) is 11.3 Å². The molecule has 1 aromatic carbocycles. The number of rotatable bonds is 1. The summed E-state index contributed by atoms with van der Waals surface area (Å²) in [6.45, 7) is 1.84. The highest BCUT2D eigenvalue weighted by molar-refractivity contribution is 9.07. The summed E-state index contributed by atoms with van der Waals surface area (Å²) in [6.07, 6.45) is 2.83. The Labute approximate surface area is 90.3 Å². The van der Waals surface area contributed by atoms with Gasteiger partial charge in [-0.25, -0.2) is 4.39 Å². The van der Waals surface area contributed by atoms with Crippen molar-refractivity contribution in [3.63, 3.8) is 0 Å². The molecule has 0 aliphatic carbocycles. The van der Waals surface area contributed by atoms with Gasteiger partial charge in [0, 0.05) is 11.6 Å². The van der Waals surface area contributed by atoms with Crippen molar-refractivity contribution in [2.45, 2.75) is 13.0 Å². The van der Waals surface area contributed by atoms with E-state index in [-0.39, 0.29) is 11.9 Å². The van der Waals surface area contributed by atoms with E-state index in [2.05, 4.69) is 22.2 Å². The topological polar surface area (TPSA) is 12.5 Å². The van der Waals surface area contributed by atoms with Crippen LogP contribution in [-0.2, 0) is 4.84 Å². The first-order valence-electron chi connectivity index (χ1n) is 4.19. The van der Waals surface area contributed by atoms with Gasteiger partial charge in [-0.15, -0.1) is 0 Å². The molecule has 0 fully saturated rings. The minimum Gasteiger partial charge on any atom is -0.255 e. The predicted octanol–water partition coefficient (Wildman–Crippen LogP) is 2.92. The number of benzene rings is 1. The lowest BCUT2D eigenvalue weighted by Gasteiger charge is -2.12. The van der Waals surface area contributed by atoms with E-state index in [9.17, 15) is 4.39 Å². The summed E-state index contributed by atoms with van der Waals surface area (Å²) in [4.78, 5) is 5.22. The third kappa shape index (κ3) is 1.67. The molecule has 1 unspecified atom stereocenters. The van der Waals surface area contributed by atoms with E-state index in [0.717, 1.165) is 0 Å². The van der Waals surface area contributed by atoms with E-state index < -0.39 is 0 Å². The molecule has 1 atom stereocenters. The lowest BCUT2D eigenvalue weighted by atomic mass is 10.1. The Morgan fingerprint density at radius 3 is 2.79 bits per heavy atom. The van der Waals surface area contributed by atoms with Gasteiger partial charge in [0.15, 0.2) is 0 Å². The minimum atomic E-state index is -0.280. The van der Waals surface area contributed by atoms with Crippen LogP contribution in [0.15, 0.2) is 24.3 Å². The third-order valence-corrected chi connectivity index (χ3v) is 2.42. The van der Waals surface area contributed by atoms with Gasteiger partial charge in [-0.1, -0.05) is 12.1 Å². The Kier molecular flexibility index (Phi) is 2.56. The van der Waals surface area contributed by atoms with E-state index >= 15 is 0 Å². The van der Waals surface area contributed by atoms with Crippen molar-refractivity contribution >= 4 is 21.8 Å². The van der Waals surface area contributed by atoms with E-state index in [1.54, 1.807) is 18.2 Å². The van der Waals surface area contributed by atoms with Crippen LogP contribution in [0.5, 0.6) is 0 Å². The number of hydroxylamine groups is 1. The molecule has 4 heteroatoms. The maximum Gasteiger partial charge on any atom is 0.132 e. The number of hydrogen-bond acceptors (Lipinski definition) is 2. The fourth-order valence-corrected chi connectivity index (χ4v) is 1.83. The summed E-state index contributed by atoms with van der Waals surface area (Å²) in [7, 11) is 0. The molecule has 1 heterocycles. The average molecular weight is 257 g/mol. The highest BCUT2D eigenvalue weighted by Gasteiger charge is 2.23. The fourth-order valence-electron chi connectivity index (χ4n) is 1.29. The molecule has 14 heavy (non-hydrogen) atoms. The van der Waals surface area contributed by atoms with Crippen molar-refractivity contribution < 1.29 is 9.23 Å². The number of hydrogen-bond donors (Lipinski definition) is 0. The average Bonchev–Trinajstić information content (AvgIpc) is 2.46. The van der Waals surface area contributed by atoms with Gasteiger partial charge in [0.2, 0.25) is 0 Å². The molecule has 2 rings (SSSR count). The molecule has 73 valence electrons. The van der Waals surface area contributed by atoms with Gasteiger partial charge >= 0.3 is 0 Å². The third-order valence-electron chi connectivity index (χ3n) is 1.90. The maximum absolute atomic E-state index is 13.4. The molecule has 1 aromatic rings. The molecule has 1 aliphatic rings. The fraction of sp³-hybridized carbons (Fsp3) is 0.200. The Bertz CT molecular complexity index is 380. The van der Waals surface area contributed by atoms with Crippen molar-refractivity contribution in [3.8, 4) is 0 Å². The van der Waals surface area contributed by atoms with Crippen LogP contribution >= 0.6 is 16.1 Å². The van der Waals surface area contributed by atoms with E-state index in [4.69, 9.17) is 4.84 Å². The predicted molar refractivity (Wildman–Crippen MR) is 54.4 cm³/mol. The second kappa shape index (κ2) is 3.71. The van der Waals surface area contributed by atoms with Gasteiger partial charge in [0.1, 0.15) is 11.9 Å². The van der Waals surface area contributed by atoms with Crippen molar-refractivity contribution in [2.75, 3.05) is 0 Å². The lowest BCUT2D eigenvalue weighted by molar-refractivity contribution is -0.0325. The van der Waals surface area contributed by atoms with Gasteiger partial charge in [0.05, 0.1) is 21.8 Å². The van der Waals surface area contributed by atoms with Gasteiger partial charge in [-0.05, 0) is 19.1 Å². The highest BCUT2D eigenvalue weighted by Crippen LogP contribution is 2.30. The molecule has 0 saturated heterocycles. The van der Waals surface area contributed by atoms with Crippen LogP contribution in [0.4, 0.5) is 4.39 Å². The van der Waals surface area contributed by atoms with Crippen LogP contribution in [0.2, 0.25) is 0 Å². The van der Waals surface area contributed by atoms with Crippen LogP contribution in [0.3, 0.4) is 0 Å².